The topological polar surface area (TPSA) is 79.5 Å². The number of rotatable bonds is 3. The van der Waals surface area contributed by atoms with Crippen molar-refractivity contribution in [2.24, 2.45) is 0 Å². The number of hydrogen-bond acceptors (Lipinski definition) is 4. The molecule has 0 aliphatic carbocycles. The summed E-state index contributed by atoms with van der Waals surface area (Å²) in [6.07, 6.45) is 1.59. The number of fused-ring (bicyclic) bond motifs is 1. The Morgan fingerprint density at radius 3 is 3.13 bits per heavy atom. The lowest BCUT2D eigenvalue weighted by molar-refractivity contribution is 0.0697. The number of carboxylic acid groups (broad SMARTS) is 1. The fourth-order valence-electron chi connectivity index (χ4n) is 1.29. The Kier molecular flexibility index (Phi) is 2.34. The van der Waals surface area contributed by atoms with Gasteiger partial charge in [-0.15, -0.1) is 5.10 Å². The van der Waals surface area contributed by atoms with Gasteiger partial charge in [0.15, 0.2) is 11.5 Å². The van der Waals surface area contributed by atoms with Crippen molar-refractivity contribution in [3.63, 3.8) is 0 Å². The third kappa shape index (κ3) is 1.79. The monoisotopic (exact) mass is 206 g/mol. The molecule has 2 N–H and O–H groups in total. The van der Waals surface area contributed by atoms with Crippen molar-refractivity contribution in [2.45, 2.75) is 6.54 Å². The van der Waals surface area contributed by atoms with Crippen LogP contribution in [0, 0.1) is 0 Å². The standard InChI is InChI=1S/C9H10N4O2/c1-10-5-7-11-8-4-6(9(14)15)2-3-13(8)12-7/h2-4,10H,5H2,1H3,(H,14,15). The molecule has 0 spiro atoms. The molecule has 2 aromatic heterocycles. The molecule has 0 radical (unpaired) electrons. The minimum Gasteiger partial charge on any atom is -0.478 e. The van der Waals surface area contributed by atoms with Crippen molar-refractivity contribution in [3.05, 3.63) is 29.7 Å². The van der Waals surface area contributed by atoms with Crippen molar-refractivity contribution in [1.29, 1.82) is 0 Å². The number of hydrogen-bond donors (Lipinski definition) is 2. The van der Waals surface area contributed by atoms with Crippen molar-refractivity contribution >= 4 is 11.6 Å². The Morgan fingerprint density at radius 1 is 1.67 bits per heavy atom. The van der Waals surface area contributed by atoms with Crippen LogP contribution in [0.5, 0.6) is 0 Å². The van der Waals surface area contributed by atoms with E-state index in [-0.39, 0.29) is 5.56 Å². The molecule has 2 rings (SSSR count). The van der Waals surface area contributed by atoms with Gasteiger partial charge in [-0.05, 0) is 19.2 Å². The van der Waals surface area contributed by atoms with E-state index in [1.807, 2.05) is 0 Å². The summed E-state index contributed by atoms with van der Waals surface area (Å²) in [4.78, 5) is 14.9. The molecule has 15 heavy (non-hydrogen) atoms. The third-order valence-electron chi connectivity index (χ3n) is 1.96. The fourth-order valence-corrected chi connectivity index (χ4v) is 1.29. The Labute approximate surface area is 85.6 Å². The summed E-state index contributed by atoms with van der Waals surface area (Å²) in [6.45, 7) is 0.560. The zero-order chi connectivity index (χ0) is 10.8. The molecule has 0 amide bonds. The first kappa shape index (κ1) is 9.60. The molecule has 0 bridgehead atoms. The smallest absolute Gasteiger partial charge is 0.335 e. The van der Waals surface area contributed by atoms with Crippen LogP contribution in [0.4, 0.5) is 0 Å². The van der Waals surface area contributed by atoms with Gasteiger partial charge in [0, 0.05) is 6.20 Å². The number of pyridine rings is 1. The molecule has 6 heteroatoms. The quantitative estimate of drug-likeness (QED) is 0.747. The maximum Gasteiger partial charge on any atom is 0.335 e. The number of nitrogens with zero attached hydrogens (tertiary/aromatic N) is 3. The second kappa shape index (κ2) is 3.66. The van der Waals surface area contributed by atoms with Gasteiger partial charge in [-0.3, -0.25) is 0 Å². The number of aromatic nitrogens is 3. The Morgan fingerprint density at radius 2 is 2.47 bits per heavy atom. The van der Waals surface area contributed by atoms with Gasteiger partial charge >= 0.3 is 5.97 Å². The van der Waals surface area contributed by atoms with Crippen LogP contribution in [0.3, 0.4) is 0 Å². The first-order chi connectivity index (χ1) is 7.20. The fraction of sp³-hybridized carbons (Fsp3) is 0.222. The highest BCUT2D eigenvalue weighted by Crippen LogP contribution is 2.05. The van der Waals surface area contributed by atoms with E-state index in [2.05, 4.69) is 15.4 Å². The van der Waals surface area contributed by atoms with E-state index in [4.69, 9.17) is 5.11 Å². The van der Waals surface area contributed by atoms with Crippen LogP contribution in [-0.2, 0) is 6.54 Å². The molecule has 0 atom stereocenters. The first-order valence-corrected chi connectivity index (χ1v) is 4.44. The zero-order valence-electron chi connectivity index (χ0n) is 8.14. The second-order valence-electron chi connectivity index (χ2n) is 3.08. The molecular formula is C9H10N4O2. The molecule has 0 unspecified atom stereocenters. The lowest BCUT2D eigenvalue weighted by Gasteiger charge is -1.93. The predicted molar refractivity (Wildman–Crippen MR) is 52.7 cm³/mol. The number of aromatic carboxylic acids is 1. The average molecular weight is 206 g/mol. The van der Waals surface area contributed by atoms with E-state index < -0.39 is 5.97 Å². The van der Waals surface area contributed by atoms with Gasteiger partial charge in [0.1, 0.15) is 0 Å². The summed E-state index contributed by atoms with van der Waals surface area (Å²) >= 11 is 0. The van der Waals surface area contributed by atoms with E-state index in [0.717, 1.165) is 0 Å². The summed E-state index contributed by atoms with van der Waals surface area (Å²) < 4.78 is 1.55. The predicted octanol–water partition coefficient (Wildman–Crippen LogP) is 0.147. The molecule has 0 saturated carbocycles. The minimum atomic E-state index is -0.962. The maximum atomic E-state index is 10.7. The average Bonchev–Trinajstić information content (AvgIpc) is 2.59. The first-order valence-electron chi connectivity index (χ1n) is 4.44. The molecule has 0 saturated heterocycles. The van der Waals surface area contributed by atoms with Crippen LogP contribution in [0.15, 0.2) is 18.3 Å². The number of carbonyl (C=O) groups is 1. The van der Waals surface area contributed by atoms with E-state index in [1.165, 1.54) is 12.1 Å². The van der Waals surface area contributed by atoms with E-state index in [9.17, 15) is 4.79 Å². The van der Waals surface area contributed by atoms with Gasteiger partial charge in [-0.2, -0.15) is 0 Å². The Hall–Kier alpha value is -1.95. The van der Waals surface area contributed by atoms with Gasteiger partial charge in [0.05, 0.1) is 12.1 Å². The molecular weight excluding hydrogens is 196 g/mol. The Balaban J connectivity index is 2.47. The summed E-state index contributed by atoms with van der Waals surface area (Å²) in [6, 6.07) is 2.99. The van der Waals surface area contributed by atoms with Crippen LogP contribution in [0.1, 0.15) is 16.2 Å². The lowest BCUT2D eigenvalue weighted by atomic mass is 10.3. The van der Waals surface area contributed by atoms with Crippen molar-refractivity contribution in [2.75, 3.05) is 7.05 Å². The van der Waals surface area contributed by atoms with E-state index >= 15 is 0 Å². The van der Waals surface area contributed by atoms with Crippen LogP contribution in [0.25, 0.3) is 5.65 Å². The number of nitrogens with one attached hydrogen (secondary N) is 1. The number of carboxylic acids is 1. The van der Waals surface area contributed by atoms with E-state index in [1.54, 1.807) is 17.8 Å². The van der Waals surface area contributed by atoms with Gasteiger partial charge in [-0.1, -0.05) is 0 Å². The highest BCUT2D eigenvalue weighted by Gasteiger charge is 2.06. The highest BCUT2D eigenvalue weighted by atomic mass is 16.4. The van der Waals surface area contributed by atoms with Crippen LogP contribution < -0.4 is 5.32 Å². The zero-order valence-corrected chi connectivity index (χ0v) is 8.14. The molecule has 0 aliphatic heterocycles. The highest BCUT2D eigenvalue weighted by molar-refractivity contribution is 5.88. The molecule has 0 aromatic carbocycles. The third-order valence-corrected chi connectivity index (χ3v) is 1.96. The van der Waals surface area contributed by atoms with Crippen molar-refractivity contribution < 1.29 is 9.90 Å². The molecule has 0 aliphatic rings. The minimum absolute atomic E-state index is 0.214. The largest absolute Gasteiger partial charge is 0.478 e. The molecule has 0 fully saturated rings. The van der Waals surface area contributed by atoms with E-state index in [0.29, 0.717) is 18.0 Å². The molecule has 6 nitrogen and oxygen atoms in total. The molecule has 2 heterocycles. The lowest BCUT2D eigenvalue weighted by Crippen LogP contribution is -2.06. The molecule has 78 valence electrons. The van der Waals surface area contributed by atoms with Crippen molar-refractivity contribution in [3.8, 4) is 0 Å². The van der Waals surface area contributed by atoms with Crippen LogP contribution >= 0.6 is 0 Å². The normalized spacial score (nSPS) is 10.7. The summed E-state index contributed by atoms with van der Waals surface area (Å²) in [5.74, 6) is -0.323. The second-order valence-corrected chi connectivity index (χ2v) is 3.08. The summed E-state index contributed by atoms with van der Waals surface area (Å²) in [5.41, 5.74) is 0.756. The van der Waals surface area contributed by atoms with Gasteiger partial charge in [0.2, 0.25) is 0 Å². The summed E-state index contributed by atoms with van der Waals surface area (Å²) in [5, 5.41) is 15.9. The maximum absolute atomic E-state index is 10.7. The SMILES string of the molecule is CNCc1nc2cc(C(=O)O)ccn2n1. The van der Waals surface area contributed by atoms with Gasteiger partial charge < -0.3 is 10.4 Å². The van der Waals surface area contributed by atoms with Gasteiger partial charge in [0.25, 0.3) is 0 Å². The van der Waals surface area contributed by atoms with Crippen LogP contribution in [-0.4, -0.2) is 32.7 Å². The summed E-state index contributed by atoms with van der Waals surface area (Å²) in [7, 11) is 1.80. The van der Waals surface area contributed by atoms with Crippen molar-refractivity contribution in [1.82, 2.24) is 19.9 Å². The molecule has 2 aromatic rings. The van der Waals surface area contributed by atoms with Crippen LogP contribution in [0.2, 0.25) is 0 Å². The Bertz CT molecular complexity index is 506. The van der Waals surface area contributed by atoms with Gasteiger partial charge in [-0.25, -0.2) is 14.3 Å².